The van der Waals surface area contributed by atoms with E-state index in [-0.39, 0.29) is 0 Å². The lowest BCUT2D eigenvalue weighted by molar-refractivity contribution is 0.0655. The number of allylic oxidation sites excluding steroid dienone is 1. The Hall–Kier alpha value is -2.97. The molecule has 0 aliphatic carbocycles. The van der Waals surface area contributed by atoms with Crippen molar-refractivity contribution in [3.05, 3.63) is 42.2 Å². The Balaban J connectivity index is 1.91. The molecular formula is C18H22N6O2. The van der Waals surface area contributed by atoms with E-state index in [1.165, 1.54) is 12.3 Å². The predicted octanol–water partition coefficient (Wildman–Crippen LogP) is 1.67. The molecule has 8 nitrogen and oxygen atoms in total. The number of nitrogens with one attached hydrogen (secondary N) is 1. The summed E-state index contributed by atoms with van der Waals surface area (Å²) in [6.07, 6.45) is 4.75. The molecule has 136 valence electrons. The van der Waals surface area contributed by atoms with E-state index in [1.807, 2.05) is 29.1 Å². The van der Waals surface area contributed by atoms with Crippen LogP contribution in [-0.4, -0.2) is 47.4 Å². The van der Waals surface area contributed by atoms with Crippen LogP contribution in [0.15, 0.2) is 36.7 Å². The number of aromatic nitrogens is 3. The number of nitrogens with two attached hydrogens (primary N) is 2. The van der Waals surface area contributed by atoms with E-state index in [0.717, 1.165) is 21.9 Å². The lowest BCUT2D eigenvalue weighted by Gasteiger charge is -2.04. The van der Waals surface area contributed by atoms with Crippen LogP contribution in [0.1, 0.15) is 5.56 Å². The van der Waals surface area contributed by atoms with Gasteiger partial charge < -0.3 is 26.4 Å². The summed E-state index contributed by atoms with van der Waals surface area (Å²) >= 11 is 0. The van der Waals surface area contributed by atoms with Crippen molar-refractivity contribution in [2.75, 3.05) is 32.7 Å². The molecule has 0 atom stereocenters. The van der Waals surface area contributed by atoms with Gasteiger partial charge in [-0.3, -0.25) is 4.68 Å². The molecule has 26 heavy (non-hydrogen) atoms. The van der Waals surface area contributed by atoms with E-state index in [4.69, 9.17) is 26.4 Å². The van der Waals surface area contributed by atoms with Gasteiger partial charge in [0, 0.05) is 24.3 Å². The first kappa shape index (κ1) is 17.8. The number of hydrogen-bond donors (Lipinski definition) is 3. The maximum absolute atomic E-state index is 7.98. The van der Waals surface area contributed by atoms with Gasteiger partial charge in [0.15, 0.2) is 0 Å². The van der Waals surface area contributed by atoms with Gasteiger partial charge in [0.2, 0.25) is 0 Å². The van der Waals surface area contributed by atoms with Crippen LogP contribution >= 0.6 is 0 Å². The van der Waals surface area contributed by atoms with E-state index in [9.17, 15) is 0 Å². The number of fused-ring (bicyclic) bond motifs is 3. The first-order valence-corrected chi connectivity index (χ1v) is 8.24. The van der Waals surface area contributed by atoms with Crippen molar-refractivity contribution in [2.24, 2.45) is 5.73 Å². The number of hydrogen-bond acceptors (Lipinski definition) is 7. The quantitative estimate of drug-likeness (QED) is 0.417. The highest BCUT2D eigenvalue weighted by molar-refractivity contribution is 6.12. The third-order valence-electron chi connectivity index (χ3n) is 4.00. The molecule has 0 bridgehead atoms. The summed E-state index contributed by atoms with van der Waals surface area (Å²) in [7, 11) is 1.64. The van der Waals surface area contributed by atoms with Crippen molar-refractivity contribution >= 4 is 33.3 Å². The second-order valence-electron chi connectivity index (χ2n) is 5.76. The van der Waals surface area contributed by atoms with Gasteiger partial charge in [-0.2, -0.15) is 5.10 Å². The van der Waals surface area contributed by atoms with E-state index in [1.54, 1.807) is 7.11 Å². The predicted molar refractivity (Wildman–Crippen MR) is 102 cm³/mol. The summed E-state index contributed by atoms with van der Waals surface area (Å²) in [6, 6.07) is 5.58. The molecule has 0 aliphatic rings. The molecule has 0 radical (unpaired) electrons. The summed E-state index contributed by atoms with van der Waals surface area (Å²) in [5, 5.41) is 14.3. The fourth-order valence-corrected chi connectivity index (χ4v) is 2.70. The van der Waals surface area contributed by atoms with Gasteiger partial charge in [-0.25, -0.2) is 4.98 Å². The van der Waals surface area contributed by atoms with Crippen LogP contribution in [0.4, 0.5) is 5.82 Å². The van der Waals surface area contributed by atoms with Crippen LogP contribution in [-0.2, 0) is 16.0 Å². The van der Waals surface area contributed by atoms with Crippen molar-refractivity contribution in [3.8, 4) is 0 Å². The summed E-state index contributed by atoms with van der Waals surface area (Å²) in [4.78, 5) is 4.47. The third kappa shape index (κ3) is 3.66. The number of benzene rings is 1. The van der Waals surface area contributed by atoms with Crippen molar-refractivity contribution in [2.45, 2.75) is 6.54 Å². The average molecular weight is 354 g/mol. The maximum Gasteiger partial charge on any atom is 0.135 e. The number of rotatable bonds is 8. The van der Waals surface area contributed by atoms with E-state index >= 15 is 0 Å². The number of methoxy groups -OCH3 is 1. The van der Waals surface area contributed by atoms with Crippen LogP contribution in [0.2, 0.25) is 0 Å². The Morgan fingerprint density at radius 2 is 2.12 bits per heavy atom. The van der Waals surface area contributed by atoms with Crippen LogP contribution in [0.5, 0.6) is 0 Å². The Bertz CT molecular complexity index is 963. The van der Waals surface area contributed by atoms with Crippen molar-refractivity contribution in [1.29, 1.82) is 5.41 Å². The molecule has 0 unspecified atom stereocenters. The zero-order valence-corrected chi connectivity index (χ0v) is 14.6. The van der Waals surface area contributed by atoms with Gasteiger partial charge in [-0.1, -0.05) is 6.07 Å². The third-order valence-corrected chi connectivity index (χ3v) is 4.00. The molecule has 0 spiro atoms. The highest BCUT2D eigenvalue weighted by atomic mass is 16.5. The molecule has 3 aromatic rings. The van der Waals surface area contributed by atoms with Crippen LogP contribution in [0.3, 0.4) is 0 Å². The molecule has 1 aromatic carbocycles. The molecule has 8 heteroatoms. The lowest BCUT2D eigenvalue weighted by atomic mass is 10.1. The lowest BCUT2D eigenvalue weighted by Crippen LogP contribution is -2.09. The number of pyridine rings is 1. The van der Waals surface area contributed by atoms with E-state index < -0.39 is 0 Å². The van der Waals surface area contributed by atoms with Gasteiger partial charge in [-0.15, -0.1) is 0 Å². The van der Waals surface area contributed by atoms with E-state index in [2.05, 4.69) is 10.1 Å². The monoisotopic (exact) mass is 354 g/mol. The van der Waals surface area contributed by atoms with Crippen LogP contribution < -0.4 is 11.5 Å². The highest BCUT2D eigenvalue weighted by Gasteiger charge is 2.12. The summed E-state index contributed by atoms with van der Waals surface area (Å²) in [5.41, 5.74) is 14.0. The molecular weight excluding hydrogens is 332 g/mol. The van der Waals surface area contributed by atoms with E-state index in [0.29, 0.717) is 43.4 Å². The molecule has 0 fully saturated rings. The molecule has 0 saturated carbocycles. The number of nitrogen functional groups attached to an aromatic ring is 1. The minimum atomic E-state index is 0.314. The highest BCUT2D eigenvalue weighted by Crippen LogP contribution is 2.27. The van der Waals surface area contributed by atoms with Crippen LogP contribution in [0.25, 0.3) is 21.8 Å². The average Bonchev–Trinajstić information content (AvgIpc) is 3.06. The summed E-state index contributed by atoms with van der Waals surface area (Å²) < 4.78 is 12.2. The SMILES string of the molecule is COCCOCCn1cc2c(N)nc3cc(C(=N)/C=C\N)ccc3c2n1. The molecule has 2 aromatic heterocycles. The second-order valence-corrected chi connectivity index (χ2v) is 5.76. The molecule has 2 heterocycles. The molecule has 5 N–H and O–H groups in total. The van der Waals surface area contributed by atoms with Crippen molar-refractivity contribution < 1.29 is 9.47 Å². The normalized spacial score (nSPS) is 11.7. The first-order chi connectivity index (χ1) is 12.6. The second kappa shape index (κ2) is 7.94. The Morgan fingerprint density at radius 1 is 1.27 bits per heavy atom. The van der Waals surface area contributed by atoms with Gasteiger partial charge in [0.1, 0.15) is 11.3 Å². The number of anilines is 1. The smallest absolute Gasteiger partial charge is 0.135 e. The standard InChI is InChI=1S/C18H22N6O2/c1-25-8-9-26-7-6-24-11-14-17(23-24)13-3-2-12(15(20)4-5-19)10-16(13)22-18(14)21/h2-5,10-11,20H,6-9,19H2,1H3,(H2,21,22)/b5-4-,20-15?. The maximum atomic E-state index is 7.98. The van der Waals surface area contributed by atoms with Crippen molar-refractivity contribution in [3.63, 3.8) is 0 Å². The van der Waals surface area contributed by atoms with Gasteiger partial charge >= 0.3 is 0 Å². The van der Waals surface area contributed by atoms with Gasteiger partial charge in [0.25, 0.3) is 0 Å². The Morgan fingerprint density at radius 3 is 2.88 bits per heavy atom. The Kier molecular flexibility index (Phi) is 5.45. The molecule has 3 rings (SSSR count). The number of ether oxygens (including phenoxy) is 2. The molecule has 0 amide bonds. The largest absolute Gasteiger partial charge is 0.405 e. The minimum absolute atomic E-state index is 0.314. The van der Waals surface area contributed by atoms with Gasteiger partial charge in [-0.05, 0) is 24.4 Å². The zero-order valence-electron chi connectivity index (χ0n) is 14.6. The summed E-state index contributed by atoms with van der Waals surface area (Å²) in [6.45, 7) is 2.27. The fourth-order valence-electron chi connectivity index (χ4n) is 2.70. The van der Waals surface area contributed by atoms with Crippen LogP contribution in [0, 0.1) is 5.41 Å². The zero-order chi connectivity index (χ0) is 18.5. The molecule has 0 saturated heterocycles. The van der Waals surface area contributed by atoms with Crippen molar-refractivity contribution in [1.82, 2.24) is 14.8 Å². The topological polar surface area (TPSA) is 125 Å². The van der Waals surface area contributed by atoms with Gasteiger partial charge in [0.05, 0.1) is 43.0 Å². The number of nitrogens with zero attached hydrogens (tertiary/aromatic N) is 3. The summed E-state index contributed by atoms with van der Waals surface area (Å²) in [5.74, 6) is 0.414. The first-order valence-electron chi connectivity index (χ1n) is 8.24. The fraction of sp³-hybridized carbons (Fsp3) is 0.278. The molecule has 0 aliphatic heterocycles. The Labute approximate surface area is 150 Å². The minimum Gasteiger partial charge on any atom is -0.405 e.